The molecule has 3 rings (SSSR count). The van der Waals surface area contributed by atoms with Crippen LogP contribution in [0, 0.1) is 5.92 Å². The first kappa shape index (κ1) is 22.7. The van der Waals surface area contributed by atoms with Crippen LogP contribution in [0.5, 0.6) is 0 Å². The molecule has 2 aliphatic rings. The molecule has 0 spiro atoms. The average Bonchev–Trinajstić information content (AvgIpc) is 2.73. The molecule has 1 aromatic rings. The number of sulfonamides is 1. The molecule has 0 bridgehead atoms. The maximum absolute atomic E-state index is 13.1. The number of likely N-dealkylation sites (tertiary alicyclic amines) is 1. The Balaban J connectivity index is 1.75. The number of nitrogens with zero attached hydrogens (tertiary/aromatic N) is 2. The third-order valence-electron chi connectivity index (χ3n) is 6.01. The molecule has 0 aliphatic carbocycles. The molecule has 2 amide bonds. The minimum atomic E-state index is -3.63. The molecule has 2 fully saturated rings. The van der Waals surface area contributed by atoms with Crippen molar-refractivity contribution >= 4 is 21.8 Å². The van der Waals surface area contributed by atoms with Crippen LogP contribution in [0.25, 0.3) is 0 Å². The van der Waals surface area contributed by atoms with Crippen LogP contribution in [0.1, 0.15) is 63.2 Å². The summed E-state index contributed by atoms with van der Waals surface area (Å²) >= 11 is 0. The van der Waals surface area contributed by atoms with Gasteiger partial charge in [0, 0.05) is 43.2 Å². The van der Waals surface area contributed by atoms with Crippen molar-refractivity contribution in [2.24, 2.45) is 5.92 Å². The zero-order valence-corrected chi connectivity index (χ0v) is 19.0. The van der Waals surface area contributed by atoms with E-state index in [0.29, 0.717) is 25.2 Å². The Labute approximate surface area is 179 Å². The fraction of sp³-hybridized carbons (Fsp3) is 0.636. The molecule has 7 nitrogen and oxygen atoms in total. The lowest BCUT2D eigenvalue weighted by Gasteiger charge is -2.34. The topological polar surface area (TPSA) is 86.8 Å². The zero-order chi connectivity index (χ0) is 21.9. The van der Waals surface area contributed by atoms with Crippen LogP contribution in [0.3, 0.4) is 0 Å². The monoisotopic (exact) mass is 435 g/mol. The van der Waals surface area contributed by atoms with Crippen LogP contribution < -0.4 is 5.32 Å². The lowest BCUT2D eigenvalue weighted by Crippen LogP contribution is -2.50. The van der Waals surface area contributed by atoms with E-state index < -0.39 is 10.0 Å². The molecule has 2 heterocycles. The summed E-state index contributed by atoms with van der Waals surface area (Å²) in [7, 11) is -3.63. The van der Waals surface area contributed by atoms with Crippen LogP contribution in [0.15, 0.2) is 29.2 Å². The average molecular weight is 436 g/mol. The summed E-state index contributed by atoms with van der Waals surface area (Å²) < 4.78 is 27.8. The van der Waals surface area contributed by atoms with Crippen molar-refractivity contribution in [2.75, 3.05) is 19.6 Å². The van der Waals surface area contributed by atoms with Crippen LogP contribution in [-0.4, -0.2) is 61.2 Å². The van der Waals surface area contributed by atoms with Crippen molar-refractivity contribution in [2.45, 2.75) is 69.9 Å². The number of benzene rings is 1. The summed E-state index contributed by atoms with van der Waals surface area (Å²) in [6.45, 7) is 7.19. The van der Waals surface area contributed by atoms with E-state index >= 15 is 0 Å². The number of rotatable bonds is 5. The number of piperidine rings is 2. The molecule has 0 aromatic heterocycles. The molecule has 1 N–H and O–H groups in total. The van der Waals surface area contributed by atoms with Crippen molar-refractivity contribution in [3.05, 3.63) is 29.8 Å². The van der Waals surface area contributed by atoms with Crippen LogP contribution in [-0.2, 0) is 14.8 Å². The molecule has 0 radical (unpaired) electrons. The van der Waals surface area contributed by atoms with Gasteiger partial charge in [0.25, 0.3) is 5.91 Å². The van der Waals surface area contributed by atoms with E-state index in [2.05, 4.69) is 5.32 Å². The predicted molar refractivity (Wildman–Crippen MR) is 116 cm³/mol. The van der Waals surface area contributed by atoms with Crippen molar-refractivity contribution in [3.8, 4) is 0 Å². The van der Waals surface area contributed by atoms with Gasteiger partial charge in [-0.2, -0.15) is 4.31 Å². The lowest BCUT2D eigenvalue weighted by molar-refractivity contribution is -0.125. The molecule has 30 heavy (non-hydrogen) atoms. The maximum Gasteiger partial charge on any atom is 0.253 e. The highest BCUT2D eigenvalue weighted by molar-refractivity contribution is 7.89. The highest BCUT2D eigenvalue weighted by Crippen LogP contribution is 2.26. The Kier molecular flexibility index (Phi) is 7.18. The summed E-state index contributed by atoms with van der Waals surface area (Å²) in [4.78, 5) is 27.0. The lowest BCUT2D eigenvalue weighted by atomic mass is 10.0. The molecular formula is C22H33N3O4S. The quantitative estimate of drug-likeness (QED) is 0.770. The molecule has 0 saturated carbocycles. The van der Waals surface area contributed by atoms with E-state index in [1.807, 2.05) is 20.8 Å². The first-order chi connectivity index (χ1) is 14.2. The van der Waals surface area contributed by atoms with E-state index in [4.69, 9.17) is 0 Å². The number of nitrogens with one attached hydrogen (secondary N) is 1. The Bertz CT molecular complexity index is 884. The van der Waals surface area contributed by atoms with Gasteiger partial charge in [0.2, 0.25) is 15.9 Å². The first-order valence-corrected chi connectivity index (χ1v) is 12.4. The predicted octanol–water partition coefficient (Wildman–Crippen LogP) is 2.63. The first-order valence-electron chi connectivity index (χ1n) is 10.9. The van der Waals surface area contributed by atoms with Gasteiger partial charge >= 0.3 is 0 Å². The SMILES string of the molecule is CC(C)C(=O)NC1CCCN(C(=O)c2cccc(S(=O)(=O)N3CCCCC3C)c2)C1. The van der Waals surface area contributed by atoms with E-state index in [-0.39, 0.29) is 34.7 Å². The van der Waals surface area contributed by atoms with Crippen molar-refractivity contribution in [3.63, 3.8) is 0 Å². The number of carbonyl (C=O) groups is 2. The van der Waals surface area contributed by atoms with Crippen LogP contribution >= 0.6 is 0 Å². The smallest absolute Gasteiger partial charge is 0.253 e. The maximum atomic E-state index is 13.1. The second-order valence-corrected chi connectivity index (χ2v) is 10.6. The summed E-state index contributed by atoms with van der Waals surface area (Å²) in [5, 5.41) is 3.00. The van der Waals surface area contributed by atoms with Gasteiger partial charge in [-0.25, -0.2) is 8.42 Å². The highest BCUT2D eigenvalue weighted by atomic mass is 32.2. The van der Waals surface area contributed by atoms with Gasteiger partial charge in [-0.3, -0.25) is 9.59 Å². The van der Waals surface area contributed by atoms with Gasteiger partial charge in [0.1, 0.15) is 0 Å². The normalized spacial score (nSPS) is 23.4. The molecule has 8 heteroatoms. The molecular weight excluding hydrogens is 402 g/mol. The van der Waals surface area contributed by atoms with Crippen LogP contribution in [0.4, 0.5) is 0 Å². The zero-order valence-electron chi connectivity index (χ0n) is 18.1. The minimum Gasteiger partial charge on any atom is -0.351 e. The summed E-state index contributed by atoms with van der Waals surface area (Å²) in [5.41, 5.74) is 0.372. The number of hydrogen-bond acceptors (Lipinski definition) is 4. The highest BCUT2D eigenvalue weighted by Gasteiger charge is 2.32. The molecule has 2 unspecified atom stereocenters. The molecule has 166 valence electrons. The largest absolute Gasteiger partial charge is 0.351 e. The van der Waals surface area contributed by atoms with E-state index in [0.717, 1.165) is 32.1 Å². The standard InChI is InChI=1S/C22H33N3O4S/c1-16(2)21(26)23-19-10-7-12-24(15-19)22(27)18-9-6-11-20(14-18)30(28,29)25-13-5-4-8-17(25)3/h6,9,11,14,16-17,19H,4-5,7-8,10,12-13,15H2,1-3H3,(H,23,26). The van der Waals surface area contributed by atoms with Gasteiger partial charge in [0.15, 0.2) is 0 Å². The van der Waals surface area contributed by atoms with Gasteiger partial charge in [-0.15, -0.1) is 0 Å². The summed E-state index contributed by atoms with van der Waals surface area (Å²) in [5.74, 6) is -0.310. The fourth-order valence-electron chi connectivity index (χ4n) is 4.18. The van der Waals surface area contributed by atoms with Gasteiger partial charge < -0.3 is 10.2 Å². The van der Waals surface area contributed by atoms with Gasteiger partial charge in [0.05, 0.1) is 4.90 Å². The van der Waals surface area contributed by atoms with Crippen molar-refractivity contribution in [1.29, 1.82) is 0 Å². The number of hydrogen-bond donors (Lipinski definition) is 1. The third kappa shape index (κ3) is 5.03. The van der Waals surface area contributed by atoms with Gasteiger partial charge in [-0.1, -0.05) is 26.3 Å². The number of amides is 2. The molecule has 2 atom stereocenters. The molecule has 2 aliphatic heterocycles. The van der Waals surface area contributed by atoms with E-state index in [1.54, 1.807) is 27.4 Å². The van der Waals surface area contributed by atoms with E-state index in [1.165, 1.54) is 6.07 Å². The Morgan fingerprint density at radius 1 is 1.10 bits per heavy atom. The Hall–Kier alpha value is -1.93. The van der Waals surface area contributed by atoms with Crippen molar-refractivity contribution in [1.82, 2.24) is 14.5 Å². The molecule has 2 saturated heterocycles. The molecule has 1 aromatic carbocycles. The van der Waals surface area contributed by atoms with Crippen molar-refractivity contribution < 1.29 is 18.0 Å². The Morgan fingerprint density at radius 2 is 1.87 bits per heavy atom. The third-order valence-corrected chi connectivity index (χ3v) is 8.02. The number of carbonyl (C=O) groups excluding carboxylic acids is 2. The minimum absolute atomic E-state index is 0.0157. The van der Waals surface area contributed by atoms with E-state index in [9.17, 15) is 18.0 Å². The Morgan fingerprint density at radius 3 is 2.57 bits per heavy atom. The fourth-order valence-corrected chi connectivity index (χ4v) is 5.93. The second-order valence-electron chi connectivity index (χ2n) is 8.74. The second kappa shape index (κ2) is 9.47. The van der Waals surface area contributed by atoms with Crippen LogP contribution in [0.2, 0.25) is 0 Å². The summed E-state index contributed by atoms with van der Waals surface area (Å²) in [6.07, 6.45) is 4.39. The van der Waals surface area contributed by atoms with Gasteiger partial charge in [-0.05, 0) is 50.8 Å². The summed E-state index contributed by atoms with van der Waals surface area (Å²) in [6, 6.07) is 6.26.